The summed E-state index contributed by atoms with van der Waals surface area (Å²) in [5, 5.41) is 3.33. The first-order chi connectivity index (χ1) is 12.0. The molecule has 0 unspecified atom stereocenters. The number of para-hydroxylation sites is 1. The summed E-state index contributed by atoms with van der Waals surface area (Å²) in [4.78, 5) is 11.8. The van der Waals surface area contributed by atoms with Crippen molar-refractivity contribution in [1.29, 1.82) is 0 Å². The number of benzene rings is 2. The molecule has 5 nitrogen and oxygen atoms in total. The fraction of sp³-hybridized carbons (Fsp3) is 0.278. The molecule has 25 heavy (non-hydrogen) atoms. The van der Waals surface area contributed by atoms with E-state index in [1.165, 1.54) is 0 Å². The number of amides is 1. The molecule has 1 amide bonds. The lowest BCUT2D eigenvalue weighted by molar-refractivity contribution is -0.121. The second-order valence-corrected chi connectivity index (χ2v) is 7.83. The smallest absolute Gasteiger partial charge is 0.234 e. The molecule has 0 aliphatic heterocycles. The number of rotatable bonds is 9. The zero-order valence-electron chi connectivity index (χ0n) is 13.7. The highest BCUT2D eigenvalue weighted by molar-refractivity contribution is 7.92. The van der Waals surface area contributed by atoms with Crippen LogP contribution < -0.4 is 10.0 Å². The van der Waals surface area contributed by atoms with E-state index < -0.39 is 10.0 Å². The van der Waals surface area contributed by atoms with Crippen LogP contribution in [0.1, 0.15) is 18.4 Å². The molecule has 0 radical (unpaired) electrons. The van der Waals surface area contributed by atoms with Crippen LogP contribution in [0.4, 0.5) is 5.69 Å². The summed E-state index contributed by atoms with van der Waals surface area (Å²) < 4.78 is 26.4. The first-order valence-corrected chi connectivity index (χ1v) is 10.0. The van der Waals surface area contributed by atoms with Crippen LogP contribution in [0.3, 0.4) is 0 Å². The summed E-state index contributed by atoms with van der Waals surface area (Å²) >= 11 is 6.07. The fourth-order valence-corrected chi connectivity index (χ4v) is 3.49. The van der Waals surface area contributed by atoms with Crippen LogP contribution in [-0.2, 0) is 21.2 Å². The average molecular weight is 381 g/mol. The monoisotopic (exact) mass is 380 g/mol. The first kappa shape index (κ1) is 19.3. The van der Waals surface area contributed by atoms with Crippen molar-refractivity contribution in [2.24, 2.45) is 0 Å². The summed E-state index contributed by atoms with van der Waals surface area (Å²) in [7, 11) is -3.48. The van der Waals surface area contributed by atoms with Gasteiger partial charge >= 0.3 is 0 Å². The van der Waals surface area contributed by atoms with E-state index in [0.29, 0.717) is 30.0 Å². The molecule has 0 bridgehead atoms. The van der Waals surface area contributed by atoms with E-state index >= 15 is 0 Å². The SMILES string of the molecule is O=C(CCCc1ccccc1Cl)NCCS(=O)(=O)Nc1ccccc1. The third-order valence-electron chi connectivity index (χ3n) is 3.55. The minimum Gasteiger partial charge on any atom is -0.355 e. The summed E-state index contributed by atoms with van der Waals surface area (Å²) in [5.74, 6) is -0.333. The first-order valence-electron chi connectivity index (χ1n) is 8.02. The van der Waals surface area contributed by atoms with Crippen molar-refractivity contribution >= 4 is 33.2 Å². The van der Waals surface area contributed by atoms with Crippen LogP contribution in [0.2, 0.25) is 5.02 Å². The number of halogens is 1. The Morgan fingerprint density at radius 1 is 1.00 bits per heavy atom. The molecule has 0 aromatic heterocycles. The lowest BCUT2D eigenvalue weighted by Crippen LogP contribution is -2.31. The van der Waals surface area contributed by atoms with Crippen molar-refractivity contribution in [3.63, 3.8) is 0 Å². The van der Waals surface area contributed by atoms with Crippen LogP contribution >= 0.6 is 11.6 Å². The topological polar surface area (TPSA) is 75.3 Å². The second-order valence-electron chi connectivity index (χ2n) is 5.58. The minimum absolute atomic E-state index is 0.0765. The number of nitrogens with one attached hydrogen (secondary N) is 2. The van der Waals surface area contributed by atoms with Gasteiger partial charge in [-0.15, -0.1) is 0 Å². The molecule has 134 valence electrons. The van der Waals surface area contributed by atoms with Gasteiger partial charge in [0.1, 0.15) is 0 Å². The molecule has 0 saturated heterocycles. The van der Waals surface area contributed by atoms with Gasteiger partial charge in [0.15, 0.2) is 0 Å². The molecule has 0 spiro atoms. The third kappa shape index (κ3) is 7.15. The second kappa shape index (κ2) is 9.44. The summed E-state index contributed by atoms with van der Waals surface area (Å²) in [6, 6.07) is 16.2. The van der Waals surface area contributed by atoms with Crippen LogP contribution in [0.25, 0.3) is 0 Å². The largest absolute Gasteiger partial charge is 0.355 e. The zero-order chi connectivity index (χ0) is 18.1. The lowest BCUT2D eigenvalue weighted by atomic mass is 10.1. The summed E-state index contributed by atoms with van der Waals surface area (Å²) in [6.45, 7) is 0.0765. The fourth-order valence-electron chi connectivity index (χ4n) is 2.29. The Labute approximate surface area is 153 Å². The van der Waals surface area contributed by atoms with E-state index in [2.05, 4.69) is 10.0 Å². The highest BCUT2D eigenvalue weighted by atomic mass is 35.5. The maximum absolute atomic E-state index is 11.9. The molecular formula is C18H21ClN2O3S. The number of sulfonamides is 1. The highest BCUT2D eigenvalue weighted by Gasteiger charge is 2.11. The van der Waals surface area contributed by atoms with Gasteiger partial charge in [0.2, 0.25) is 15.9 Å². The normalized spacial score (nSPS) is 11.1. The molecule has 0 saturated carbocycles. The van der Waals surface area contributed by atoms with Gasteiger partial charge in [-0.1, -0.05) is 48.0 Å². The van der Waals surface area contributed by atoms with Gasteiger partial charge in [-0.2, -0.15) is 0 Å². The zero-order valence-corrected chi connectivity index (χ0v) is 15.3. The van der Waals surface area contributed by atoms with Gasteiger partial charge in [0.25, 0.3) is 0 Å². The number of anilines is 1. The Morgan fingerprint density at radius 3 is 2.40 bits per heavy atom. The minimum atomic E-state index is -3.48. The molecule has 0 aliphatic rings. The van der Waals surface area contributed by atoms with E-state index in [0.717, 1.165) is 5.56 Å². The van der Waals surface area contributed by atoms with Crippen molar-refractivity contribution in [1.82, 2.24) is 5.32 Å². The third-order valence-corrected chi connectivity index (χ3v) is 5.20. The summed E-state index contributed by atoms with van der Waals surface area (Å²) in [6.07, 6.45) is 1.70. The Bertz CT molecular complexity index is 795. The highest BCUT2D eigenvalue weighted by Crippen LogP contribution is 2.17. The van der Waals surface area contributed by atoms with E-state index in [9.17, 15) is 13.2 Å². The van der Waals surface area contributed by atoms with Gasteiger partial charge in [-0.05, 0) is 36.6 Å². The predicted molar refractivity (Wildman–Crippen MR) is 101 cm³/mol. The van der Waals surface area contributed by atoms with Crippen molar-refractivity contribution in [2.75, 3.05) is 17.0 Å². The standard InChI is InChI=1S/C18H21ClN2O3S/c19-17-11-5-4-7-15(17)8-6-12-18(22)20-13-14-25(23,24)21-16-9-2-1-3-10-16/h1-5,7,9-11,21H,6,8,12-14H2,(H,20,22). The van der Waals surface area contributed by atoms with E-state index in [1.807, 2.05) is 24.3 Å². The molecule has 2 aromatic carbocycles. The van der Waals surface area contributed by atoms with E-state index in [1.54, 1.807) is 30.3 Å². The molecule has 0 heterocycles. The quantitative estimate of drug-likeness (QED) is 0.701. The number of hydrogen-bond acceptors (Lipinski definition) is 3. The Morgan fingerprint density at radius 2 is 1.68 bits per heavy atom. The molecule has 0 atom stereocenters. The molecule has 0 aliphatic carbocycles. The van der Waals surface area contributed by atoms with Gasteiger partial charge in [-0.3, -0.25) is 9.52 Å². The van der Waals surface area contributed by atoms with Crippen LogP contribution in [0.15, 0.2) is 54.6 Å². The number of carbonyl (C=O) groups excluding carboxylic acids is 1. The van der Waals surface area contributed by atoms with Gasteiger partial charge in [0.05, 0.1) is 5.75 Å². The van der Waals surface area contributed by atoms with E-state index in [-0.39, 0.29) is 18.2 Å². The van der Waals surface area contributed by atoms with E-state index in [4.69, 9.17) is 11.6 Å². The maximum Gasteiger partial charge on any atom is 0.234 e. The van der Waals surface area contributed by atoms with Crippen LogP contribution in [0, 0.1) is 0 Å². The van der Waals surface area contributed by atoms with Gasteiger partial charge in [-0.25, -0.2) is 8.42 Å². The van der Waals surface area contributed by atoms with Crippen LogP contribution in [0.5, 0.6) is 0 Å². The van der Waals surface area contributed by atoms with Gasteiger partial charge in [0, 0.05) is 23.7 Å². The average Bonchev–Trinajstić information content (AvgIpc) is 2.57. The summed E-state index contributed by atoms with van der Waals surface area (Å²) in [5.41, 5.74) is 1.51. The number of aryl methyl sites for hydroxylation is 1. The van der Waals surface area contributed by atoms with Crippen LogP contribution in [-0.4, -0.2) is 26.6 Å². The maximum atomic E-state index is 11.9. The lowest BCUT2D eigenvalue weighted by Gasteiger charge is -2.09. The predicted octanol–water partition coefficient (Wildman–Crippen LogP) is 3.22. The molecule has 2 aromatic rings. The number of hydrogen-bond donors (Lipinski definition) is 2. The Hall–Kier alpha value is -2.05. The molecule has 7 heteroatoms. The molecule has 2 N–H and O–H groups in total. The molecule has 2 rings (SSSR count). The van der Waals surface area contributed by atoms with Crippen molar-refractivity contribution < 1.29 is 13.2 Å². The Balaban J connectivity index is 1.67. The molecular weight excluding hydrogens is 360 g/mol. The number of carbonyl (C=O) groups is 1. The van der Waals surface area contributed by atoms with Gasteiger partial charge < -0.3 is 5.32 Å². The van der Waals surface area contributed by atoms with Crippen molar-refractivity contribution in [3.05, 3.63) is 65.2 Å². The Kier molecular flexibility index (Phi) is 7.28. The van der Waals surface area contributed by atoms with Crippen molar-refractivity contribution in [2.45, 2.75) is 19.3 Å². The van der Waals surface area contributed by atoms with Crippen molar-refractivity contribution in [3.8, 4) is 0 Å². The molecule has 0 fully saturated rings.